The van der Waals surface area contributed by atoms with E-state index in [9.17, 15) is 4.79 Å². The Bertz CT molecular complexity index is 484. The average molecular weight is 265 g/mol. The Morgan fingerprint density at radius 3 is 2.95 bits per heavy atom. The van der Waals surface area contributed by atoms with E-state index < -0.39 is 12.1 Å². The van der Waals surface area contributed by atoms with Gasteiger partial charge in [-0.3, -0.25) is 0 Å². The molecular weight excluding hydrogens is 246 g/mol. The van der Waals surface area contributed by atoms with E-state index >= 15 is 0 Å². The van der Waals surface area contributed by atoms with E-state index in [2.05, 4.69) is 0 Å². The van der Waals surface area contributed by atoms with E-state index in [1.165, 1.54) is 0 Å². The molecule has 0 saturated heterocycles. The van der Waals surface area contributed by atoms with Crippen LogP contribution in [0, 0.1) is 0 Å². The average Bonchev–Trinajstić information content (AvgIpc) is 2.63. The van der Waals surface area contributed by atoms with E-state index in [4.69, 9.17) is 20.3 Å². The summed E-state index contributed by atoms with van der Waals surface area (Å²) >= 11 is 0. The van der Waals surface area contributed by atoms with Gasteiger partial charge in [-0.1, -0.05) is 12.1 Å². The smallest absolute Gasteiger partial charge is 0.344 e. The van der Waals surface area contributed by atoms with Gasteiger partial charge in [-0.05, 0) is 26.5 Å². The largest absolute Gasteiger partial charge is 0.483 e. The normalized spacial score (nSPS) is 17.4. The first-order valence-corrected chi connectivity index (χ1v) is 6.33. The summed E-state index contributed by atoms with van der Waals surface area (Å²) < 4.78 is 11.4. The van der Waals surface area contributed by atoms with Crippen molar-refractivity contribution in [2.24, 2.45) is 5.73 Å². The highest BCUT2D eigenvalue weighted by molar-refractivity contribution is 5.73. The third kappa shape index (κ3) is 2.98. The summed E-state index contributed by atoms with van der Waals surface area (Å²) in [6.07, 6.45) is 0.111. The molecule has 5 nitrogen and oxygen atoms in total. The number of benzene rings is 1. The molecule has 0 radical (unpaired) electrons. The van der Waals surface area contributed by atoms with Gasteiger partial charge >= 0.3 is 5.97 Å². The molecule has 1 aliphatic rings. The van der Waals surface area contributed by atoms with E-state index in [1.54, 1.807) is 6.07 Å². The second-order valence-corrected chi connectivity index (χ2v) is 5.31. The molecule has 1 heterocycles. The van der Waals surface area contributed by atoms with Crippen LogP contribution in [0.3, 0.4) is 0 Å². The number of para-hydroxylation sites is 1. The zero-order valence-electron chi connectivity index (χ0n) is 11.2. The highest BCUT2D eigenvalue weighted by atomic mass is 16.6. The fourth-order valence-electron chi connectivity index (χ4n) is 2.22. The third-order valence-electron chi connectivity index (χ3n) is 3.03. The number of ether oxygens (including phenoxy) is 2. The number of rotatable bonds is 5. The quantitative estimate of drug-likeness (QED) is 0.844. The number of carbonyl (C=O) groups is 1. The standard InChI is InChI=1S/C14H19NO4/c1-14(2)8-9-4-3-5-10(12(9)19-14)18-11(6-7-15)13(16)17/h3-5,11H,6-8,15H2,1-2H3,(H,16,17). The molecule has 0 aromatic heterocycles. The molecule has 0 amide bonds. The van der Waals surface area contributed by atoms with Crippen molar-refractivity contribution in [3.05, 3.63) is 23.8 Å². The molecular formula is C14H19NO4. The Morgan fingerprint density at radius 1 is 1.58 bits per heavy atom. The first kappa shape index (κ1) is 13.7. The minimum absolute atomic E-state index is 0.262. The van der Waals surface area contributed by atoms with Crippen molar-refractivity contribution in [1.82, 2.24) is 0 Å². The number of carboxylic acids is 1. The molecule has 1 unspecified atom stereocenters. The summed E-state index contributed by atoms with van der Waals surface area (Å²) in [6, 6.07) is 5.54. The van der Waals surface area contributed by atoms with Gasteiger partial charge in [0.15, 0.2) is 17.6 Å². The highest BCUT2D eigenvalue weighted by Crippen LogP contribution is 2.42. The predicted molar refractivity (Wildman–Crippen MR) is 70.6 cm³/mol. The monoisotopic (exact) mass is 265 g/mol. The molecule has 0 spiro atoms. The van der Waals surface area contributed by atoms with E-state index in [1.807, 2.05) is 26.0 Å². The Morgan fingerprint density at radius 2 is 2.32 bits per heavy atom. The maximum absolute atomic E-state index is 11.1. The number of nitrogens with two attached hydrogens (primary N) is 1. The fourth-order valence-corrected chi connectivity index (χ4v) is 2.22. The molecule has 104 valence electrons. The van der Waals surface area contributed by atoms with Crippen LogP contribution in [0.1, 0.15) is 25.8 Å². The van der Waals surface area contributed by atoms with E-state index in [0.717, 1.165) is 12.0 Å². The number of hydrogen-bond donors (Lipinski definition) is 2. The summed E-state index contributed by atoms with van der Waals surface area (Å²) in [5, 5.41) is 9.10. The second-order valence-electron chi connectivity index (χ2n) is 5.31. The third-order valence-corrected chi connectivity index (χ3v) is 3.03. The molecule has 1 atom stereocenters. The maximum atomic E-state index is 11.1. The van der Waals surface area contributed by atoms with Crippen LogP contribution in [-0.2, 0) is 11.2 Å². The van der Waals surface area contributed by atoms with Gasteiger partial charge in [0.1, 0.15) is 5.60 Å². The van der Waals surface area contributed by atoms with Crippen molar-refractivity contribution >= 4 is 5.97 Å². The predicted octanol–water partition coefficient (Wildman–Crippen LogP) is 1.58. The van der Waals surface area contributed by atoms with Gasteiger partial charge in [-0.15, -0.1) is 0 Å². The minimum atomic E-state index is -1.01. The Labute approximate surface area is 112 Å². The van der Waals surface area contributed by atoms with Crippen LogP contribution in [0.25, 0.3) is 0 Å². The molecule has 3 N–H and O–H groups in total. The van der Waals surface area contributed by atoms with Gasteiger partial charge in [0.2, 0.25) is 0 Å². The fraction of sp³-hybridized carbons (Fsp3) is 0.500. The van der Waals surface area contributed by atoms with E-state index in [0.29, 0.717) is 11.5 Å². The van der Waals surface area contributed by atoms with E-state index in [-0.39, 0.29) is 18.6 Å². The molecule has 1 aromatic rings. The lowest BCUT2D eigenvalue weighted by atomic mass is 10.0. The Hall–Kier alpha value is -1.75. The van der Waals surface area contributed by atoms with Crippen LogP contribution in [-0.4, -0.2) is 29.3 Å². The summed E-state index contributed by atoms with van der Waals surface area (Å²) in [5.74, 6) is 0.111. The molecule has 2 rings (SSSR count). The Kier molecular flexibility index (Phi) is 3.66. The van der Waals surface area contributed by atoms with Crippen LogP contribution in [0.15, 0.2) is 18.2 Å². The van der Waals surface area contributed by atoms with Crippen LogP contribution < -0.4 is 15.2 Å². The van der Waals surface area contributed by atoms with Crippen molar-refractivity contribution in [3.8, 4) is 11.5 Å². The second kappa shape index (κ2) is 5.09. The molecule has 19 heavy (non-hydrogen) atoms. The van der Waals surface area contributed by atoms with Gasteiger partial charge < -0.3 is 20.3 Å². The zero-order chi connectivity index (χ0) is 14.0. The van der Waals surface area contributed by atoms with Crippen molar-refractivity contribution in [3.63, 3.8) is 0 Å². The van der Waals surface area contributed by atoms with Gasteiger partial charge in [0, 0.05) is 18.4 Å². The Balaban J connectivity index is 2.23. The zero-order valence-corrected chi connectivity index (χ0v) is 11.2. The minimum Gasteiger partial charge on any atom is -0.483 e. The molecule has 5 heteroatoms. The molecule has 0 aliphatic carbocycles. The number of fused-ring (bicyclic) bond motifs is 1. The lowest BCUT2D eigenvalue weighted by Crippen LogP contribution is -2.30. The van der Waals surface area contributed by atoms with Gasteiger partial charge in [0.05, 0.1) is 0 Å². The summed E-state index contributed by atoms with van der Waals surface area (Å²) in [6.45, 7) is 4.25. The topological polar surface area (TPSA) is 81.8 Å². The maximum Gasteiger partial charge on any atom is 0.344 e. The van der Waals surface area contributed by atoms with Gasteiger partial charge in [-0.25, -0.2) is 4.79 Å². The first-order valence-electron chi connectivity index (χ1n) is 6.33. The van der Waals surface area contributed by atoms with Crippen molar-refractivity contribution in [2.75, 3.05) is 6.54 Å². The SMILES string of the molecule is CC1(C)Cc2cccc(OC(CCN)C(=O)O)c2O1. The van der Waals surface area contributed by atoms with Gasteiger partial charge in [0.25, 0.3) is 0 Å². The lowest BCUT2D eigenvalue weighted by molar-refractivity contribution is -0.145. The van der Waals surface area contributed by atoms with Crippen LogP contribution >= 0.6 is 0 Å². The van der Waals surface area contributed by atoms with Crippen molar-refractivity contribution in [2.45, 2.75) is 38.4 Å². The first-order chi connectivity index (χ1) is 8.93. The molecule has 0 bridgehead atoms. The van der Waals surface area contributed by atoms with Crippen molar-refractivity contribution in [1.29, 1.82) is 0 Å². The molecule has 1 aliphatic heterocycles. The lowest BCUT2D eigenvalue weighted by Gasteiger charge is -2.20. The summed E-state index contributed by atoms with van der Waals surface area (Å²) in [5.41, 5.74) is 6.16. The molecule has 0 fully saturated rings. The summed E-state index contributed by atoms with van der Waals surface area (Å²) in [4.78, 5) is 11.1. The molecule has 1 aromatic carbocycles. The molecule has 0 saturated carbocycles. The van der Waals surface area contributed by atoms with Crippen LogP contribution in [0.4, 0.5) is 0 Å². The number of hydrogen-bond acceptors (Lipinski definition) is 4. The highest BCUT2D eigenvalue weighted by Gasteiger charge is 2.33. The summed E-state index contributed by atoms with van der Waals surface area (Å²) in [7, 11) is 0. The van der Waals surface area contributed by atoms with Crippen molar-refractivity contribution < 1.29 is 19.4 Å². The van der Waals surface area contributed by atoms with Gasteiger partial charge in [-0.2, -0.15) is 0 Å². The number of aliphatic carboxylic acids is 1. The van der Waals surface area contributed by atoms with Crippen LogP contribution in [0.2, 0.25) is 0 Å². The van der Waals surface area contributed by atoms with Crippen LogP contribution in [0.5, 0.6) is 11.5 Å². The number of carboxylic acid groups (broad SMARTS) is 1.